The van der Waals surface area contributed by atoms with Crippen molar-refractivity contribution in [1.82, 2.24) is 5.32 Å². The van der Waals surface area contributed by atoms with Gasteiger partial charge < -0.3 is 5.32 Å². The maximum atomic E-state index is 11.8. The van der Waals surface area contributed by atoms with E-state index >= 15 is 0 Å². The van der Waals surface area contributed by atoms with Gasteiger partial charge in [0.05, 0.1) is 0 Å². The normalized spacial score (nSPS) is 11.8. The standard InChI is InChI=1S/C11H13ClF3N/c12-10-4-2-9(3-5-10)8-16-7-1-6-11(13,14)15/h2-5,16H,1,6-8H2. The highest BCUT2D eigenvalue weighted by atomic mass is 35.5. The van der Waals surface area contributed by atoms with Gasteiger partial charge in [-0.15, -0.1) is 0 Å². The van der Waals surface area contributed by atoms with Crippen molar-refractivity contribution >= 4 is 11.6 Å². The molecule has 0 saturated carbocycles. The van der Waals surface area contributed by atoms with Gasteiger partial charge in [-0.3, -0.25) is 0 Å². The Kier molecular flexibility index (Phi) is 5.09. The van der Waals surface area contributed by atoms with Gasteiger partial charge in [0.15, 0.2) is 0 Å². The number of alkyl halides is 3. The Hall–Kier alpha value is -0.740. The van der Waals surface area contributed by atoms with E-state index in [-0.39, 0.29) is 6.42 Å². The Labute approximate surface area is 97.6 Å². The fourth-order valence-corrected chi connectivity index (χ4v) is 1.37. The van der Waals surface area contributed by atoms with E-state index in [1.165, 1.54) is 0 Å². The van der Waals surface area contributed by atoms with Crippen LogP contribution in [0.4, 0.5) is 13.2 Å². The zero-order chi connectivity index (χ0) is 12.0. The molecule has 0 aliphatic heterocycles. The predicted molar refractivity (Wildman–Crippen MR) is 58.4 cm³/mol. The summed E-state index contributed by atoms with van der Waals surface area (Å²) >= 11 is 5.70. The van der Waals surface area contributed by atoms with E-state index in [2.05, 4.69) is 5.32 Å². The molecule has 0 radical (unpaired) electrons. The van der Waals surface area contributed by atoms with E-state index in [0.717, 1.165) is 5.56 Å². The highest BCUT2D eigenvalue weighted by Gasteiger charge is 2.25. The van der Waals surface area contributed by atoms with Crippen molar-refractivity contribution in [3.8, 4) is 0 Å². The van der Waals surface area contributed by atoms with Crippen molar-refractivity contribution in [3.63, 3.8) is 0 Å². The van der Waals surface area contributed by atoms with Crippen LogP contribution < -0.4 is 5.32 Å². The summed E-state index contributed by atoms with van der Waals surface area (Å²) in [4.78, 5) is 0. The van der Waals surface area contributed by atoms with Crippen LogP contribution in [0.2, 0.25) is 5.02 Å². The predicted octanol–water partition coefficient (Wildman–Crippen LogP) is 3.77. The van der Waals surface area contributed by atoms with E-state index in [1.807, 2.05) is 12.1 Å². The van der Waals surface area contributed by atoms with Gasteiger partial charge in [0.1, 0.15) is 0 Å². The molecule has 0 unspecified atom stereocenters. The van der Waals surface area contributed by atoms with Gasteiger partial charge in [-0.25, -0.2) is 0 Å². The van der Waals surface area contributed by atoms with Crippen LogP contribution in [0, 0.1) is 0 Å². The molecule has 0 fully saturated rings. The van der Waals surface area contributed by atoms with Crippen LogP contribution in [0.1, 0.15) is 18.4 Å². The lowest BCUT2D eigenvalue weighted by Gasteiger charge is -2.07. The van der Waals surface area contributed by atoms with Crippen LogP contribution >= 0.6 is 11.6 Å². The number of halogens is 4. The summed E-state index contributed by atoms with van der Waals surface area (Å²) in [6, 6.07) is 7.21. The van der Waals surface area contributed by atoms with Crippen LogP contribution in [-0.4, -0.2) is 12.7 Å². The van der Waals surface area contributed by atoms with Gasteiger partial charge in [-0.1, -0.05) is 23.7 Å². The van der Waals surface area contributed by atoms with Crippen molar-refractivity contribution in [2.45, 2.75) is 25.6 Å². The molecule has 1 nitrogen and oxygen atoms in total. The molecule has 1 N–H and O–H groups in total. The van der Waals surface area contributed by atoms with Crippen molar-refractivity contribution < 1.29 is 13.2 Å². The van der Waals surface area contributed by atoms with Gasteiger partial charge in [0.2, 0.25) is 0 Å². The summed E-state index contributed by atoms with van der Waals surface area (Å²) in [6.07, 6.45) is -4.68. The van der Waals surface area contributed by atoms with Crippen LogP contribution in [-0.2, 0) is 6.54 Å². The van der Waals surface area contributed by atoms with Crippen molar-refractivity contribution in [2.24, 2.45) is 0 Å². The lowest BCUT2D eigenvalue weighted by molar-refractivity contribution is -0.135. The van der Waals surface area contributed by atoms with Crippen LogP contribution in [0.5, 0.6) is 0 Å². The lowest BCUT2D eigenvalue weighted by Crippen LogP contribution is -2.17. The number of hydrogen-bond acceptors (Lipinski definition) is 1. The van der Waals surface area contributed by atoms with E-state index in [4.69, 9.17) is 11.6 Å². The molecule has 0 heterocycles. The topological polar surface area (TPSA) is 12.0 Å². The van der Waals surface area contributed by atoms with Crippen molar-refractivity contribution in [1.29, 1.82) is 0 Å². The average Bonchev–Trinajstić information content (AvgIpc) is 2.19. The Balaban J connectivity index is 2.14. The Morgan fingerprint density at radius 1 is 1.12 bits per heavy atom. The summed E-state index contributed by atoms with van der Waals surface area (Å²) in [7, 11) is 0. The van der Waals surface area contributed by atoms with Gasteiger partial charge in [-0.2, -0.15) is 13.2 Å². The first-order valence-corrected chi connectivity index (χ1v) is 5.37. The minimum Gasteiger partial charge on any atom is -0.313 e. The molecule has 1 aromatic carbocycles. The van der Waals surface area contributed by atoms with E-state index in [1.54, 1.807) is 12.1 Å². The second-order valence-electron chi connectivity index (χ2n) is 3.52. The molecule has 0 saturated heterocycles. The molecule has 0 atom stereocenters. The maximum Gasteiger partial charge on any atom is 0.389 e. The summed E-state index contributed by atoms with van der Waals surface area (Å²) in [5, 5.41) is 3.60. The Bertz CT molecular complexity index is 308. The largest absolute Gasteiger partial charge is 0.389 e. The monoisotopic (exact) mass is 251 g/mol. The van der Waals surface area contributed by atoms with Crippen LogP contribution in [0.15, 0.2) is 24.3 Å². The highest BCUT2D eigenvalue weighted by molar-refractivity contribution is 6.30. The van der Waals surface area contributed by atoms with Gasteiger partial charge in [0.25, 0.3) is 0 Å². The fraction of sp³-hybridized carbons (Fsp3) is 0.455. The number of rotatable bonds is 5. The SMILES string of the molecule is FC(F)(F)CCCNCc1ccc(Cl)cc1. The molecule has 0 amide bonds. The molecule has 90 valence electrons. The van der Waals surface area contributed by atoms with Gasteiger partial charge in [0, 0.05) is 18.0 Å². The zero-order valence-electron chi connectivity index (χ0n) is 8.65. The van der Waals surface area contributed by atoms with Crippen LogP contribution in [0.3, 0.4) is 0 Å². The third kappa shape index (κ3) is 5.98. The summed E-state index contributed by atoms with van der Waals surface area (Å²) < 4.78 is 35.4. The zero-order valence-corrected chi connectivity index (χ0v) is 9.41. The first kappa shape index (κ1) is 13.3. The lowest BCUT2D eigenvalue weighted by atomic mass is 10.2. The molecule has 0 aliphatic rings. The summed E-state index contributed by atoms with van der Waals surface area (Å²) in [6.45, 7) is 0.928. The van der Waals surface area contributed by atoms with E-state index in [0.29, 0.717) is 18.1 Å². The quantitative estimate of drug-likeness (QED) is 0.786. The molecular weight excluding hydrogens is 239 g/mol. The van der Waals surface area contributed by atoms with E-state index in [9.17, 15) is 13.2 Å². The van der Waals surface area contributed by atoms with Crippen molar-refractivity contribution in [3.05, 3.63) is 34.9 Å². The van der Waals surface area contributed by atoms with Crippen molar-refractivity contribution in [2.75, 3.05) is 6.54 Å². The number of hydrogen-bond donors (Lipinski definition) is 1. The molecule has 0 aliphatic carbocycles. The van der Waals surface area contributed by atoms with Gasteiger partial charge in [-0.05, 0) is 30.7 Å². The molecule has 1 aromatic rings. The third-order valence-electron chi connectivity index (χ3n) is 2.06. The van der Waals surface area contributed by atoms with Crippen LogP contribution in [0.25, 0.3) is 0 Å². The summed E-state index contributed by atoms with van der Waals surface area (Å²) in [5.74, 6) is 0. The van der Waals surface area contributed by atoms with E-state index < -0.39 is 12.6 Å². The van der Waals surface area contributed by atoms with Gasteiger partial charge >= 0.3 is 6.18 Å². The second-order valence-corrected chi connectivity index (χ2v) is 3.96. The minimum atomic E-state index is -4.05. The average molecular weight is 252 g/mol. The Morgan fingerprint density at radius 2 is 1.75 bits per heavy atom. The minimum absolute atomic E-state index is 0.108. The number of nitrogens with one attached hydrogen (secondary N) is 1. The molecular formula is C11H13ClF3N. The number of benzene rings is 1. The highest BCUT2D eigenvalue weighted by Crippen LogP contribution is 2.20. The first-order chi connectivity index (χ1) is 7.47. The molecule has 0 bridgehead atoms. The fourth-order valence-electron chi connectivity index (χ4n) is 1.25. The molecule has 5 heteroatoms. The second kappa shape index (κ2) is 6.11. The molecule has 0 spiro atoms. The Morgan fingerprint density at radius 3 is 2.31 bits per heavy atom. The smallest absolute Gasteiger partial charge is 0.313 e. The first-order valence-electron chi connectivity index (χ1n) is 4.99. The summed E-state index contributed by atoms with van der Waals surface area (Å²) in [5.41, 5.74) is 1.01. The third-order valence-corrected chi connectivity index (χ3v) is 2.31. The molecule has 16 heavy (non-hydrogen) atoms. The molecule has 0 aromatic heterocycles. The maximum absolute atomic E-state index is 11.8. The molecule has 1 rings (SSSR count).